The summed E-state index contributed by atoms with van der Waals surface area (Å²) in [6, 6.07) is 19.1. The maximum absolute atomic E-state index is 15.2. The normalized spacial score (nSPS) is 11.4. The quantitative estimate of drug-likeness (QED) is 0.215. The highest BCUT2D eigenvalue weighted by molar-refractivity contribution is 5.84. The van der Waals surface area contributed by atoms with Crippen molar-refractivity contribution < 1.29 is 18.3 Å². The van der Waals surface area contributed by atoms with Crippen LogP contribution in [0, 0.1) is 25.5 Å². The molecule has 0 aromatic heterocycles. The van der Waals surface area contributed by atoms with Gasteiger partial charge in [-0.25, -0.2) is 8.78 Å². The van der Waals surface area contributed by atoms with Gasteiger partial charge in [0, 0.05) is 24.2 Å². The molecule has 0 saturated heterocycles. The Balaban J connectivity index is 1.82. The first-order valence-corrected chi connectivity index (χ1v) is 13.3. The number of nitrogens with zero attached hydrogens (tertiary/aromatic N) is 2. The van der Waals surface area contributed by atoms with Crippen molar-refractivity contribution in [3.8, 4) is 44.9 Å². The van der Waals surface area contributed by atoms with E-state index in [4.69, 9.17) is 9.47 Å². The molecule has 4 aromatic carbocycles. The minimum absolute atomic E-state index is 0.292. The van der Waals surface area contributed by atoms with Crippen molar-refractivity contribution in [2.24, 2.45) is 0 Å². The summed E-state index contributed by atoms with van der Waals surface area (Å²) in [4.78, 5) is 3.83. The summed E-state index contributed by atoms with van der Waals surface area (Å²) < 4.78 is 41.6. The van der Waals surface area contributed by atoms with Crippen LogP contribution in [0.15, 0.2) is 60.7 Å². The third kappa shape index (κ3) is 5.88. The highest BCUT2D eigenvalue weighted by Gasteiger charge is 2.19. The number of hydrogen-bond donors (Lipinski definition) is 0. The molecule has 0 aliphatic carbocycles. The molecule has 4 nitrogen and oxygen atoms in total. The fourth-order valence-corrected chi connectivity index (χ4v) is 5.32. The molecule has 0 unspecified atom stereocenters. The van der Waals surface area contributed by atoms with Crippen LogP contribution in [0.25, 0.3) is 33.4 Å². The Kier molecular flexibility index (Phi) is 8.92. The van der Waals surface area contributed by atoms with E-state index in [1.165, 1.54) is 0 Å². The van der Waals surface area contributed by atoms with Crippen molar-refractivity contribution in [2.45, 2.75) is 26.9 Å². The van der Waals surface area contributed by atoms with Crippen LogP contribution in [0.2, 0.25) is 0 Å². The predicted octanol–water partition coefficient (Wildman–Crippen LogP) is 7.72. The molecule has 0 saturated carbocycles. The lowest BCUT2D eigenvalue weighted by molar-refractivity contribution is 0.361. The summed E-state index contributed by atoms with van der Waals surface area (Å²) in [7, 11) is 10.7. The van der Waals surface area contributed by atoms with Crippen LogP contribution >= 0.6 is 0 Å². The van der Waals surface area contributed by atoms with Crippen LogP contribution in [0.4, 0.5) is 8.78 Å². The molecule has 0 radical (unpaired) electrons. The second-order valence-electron chi connectivity index (χ2n) is 10.7. The van der Waals surface area contributed by atoms with E-state index in [1.54, 1.807) is 26.4 Å². The molecular formula is C34H38F2N2O2. The van der Waals surface area contributed by atoms with Crippen molar-refractivity contribution in [1.82, 2.24) is 9.80 Å². The van der Waals surface area contributed by atoms with E-state index < -0.39 is 0 Å². The average Bonchev–Trinajstić information content (AvgIpc) is 2.91. The highest BCUT2D eigenvalue weighted by Crippen LogP contribution is 2.40. The Morgan fingerprint density at radius 2 is 0.925 bits per heavy atom. The van der Waals surface area contributed by atoms with Gasteiger partial charge in [-0.15, -0.1) is 0 Å². The fraction of sp³-hybridized carbons (Fsp3) is 0.294. The summed E-state index contributed by atoms with van der Waals surface area (Å²) >= 11 is 0. The zero-order valence-electron chi connectivity index (χ0n) is 24.7. The lowest BCUT2D eigenvalue weighted by Gasteiger charge is -2.19. The molecule has 0 bridgehead atoms. The van der Waals surface area contributed by atoms with E-state index in [9.17, 15) is 0 Å². The first-order chi connectivity index (χ1) is 19.0. The van der Waals surface area contributed by atoms with Gasteiger partial charge >= 0.3 is 0 Å². The number of rotatable bonds is 9. The number of methoxy groups -OCH3 is 2. The summed E-state index contributed by atoms with van der Waals surface area (Å²) in [6.45, 7) is 4.99. The van der Waals surface area contributed by atoms with Gasteiger partial charge in [-0.1, -0.05) is 36.4 Å². The van der Waals surface area contributed by atoms with Crippen LogP contribution in [0.3, 0.4) is 0 Å². The maximum atomic E-state index is 15.2. The van der Waals surface area contributed by atoms with Gasteiger partial charge in [0.05, 0.1) is 14.2 Å². The standard InChI is InChI=1S/C34H38F2N2O2/c1-21-25(23-15-31(35)29(19-37(3)4)33(17-23)39-7)11-9-13-27(21)28-14-10-12-26(22(28)2)24-16-32(36)30(20-38(5)6)34(18-24)40-8/h9-18H,19-20H2,1-8H3. The minimum atomic E-state index is -0.292. The van der Waals surface area contributed by atoms with Gasteiger partial charge in [0.25, 0.3) is 0 Å². The van der Waals surface area contributed by atoms with Crippen LogP contribution < -0.4 is 9.47 Å². The van der Waals surface area contributed by atoms with Crippen LogP contribution in [-0.4, -0.2) is 52.2 Å². The second-order valence-corrected chi connectivity index (χ2v) is 10.7. The van der Waals surface area contributed by atoms with Crippen molar-refractivity contribution in [2.75, 3.05) is 42.4 Å². The summed E-state index contributed by atoms with van der Waals surface area (Å²) in [6.07, 6.45) is 0. The highest BCUT2D eigenvalue weighted by atomic mass is 19.1. The number of halogens is 2. The zero-order chi connectivity index (χ0) is 29.1. The Hall–Kier alpha value is -3.74. The number of ether oxygens (including phenoxy) is 2. The molecule has 0 amide bonds. The lowest BCUT2D eigenvalue weighted by Crippen LogP contribution is -2.13. The summed E-state index contributed by atoms with van der Waals surface area (Å²) in [5.74, 6) is 0.472. The number of hydrogen-bond acceptors (Lipinski definition) is 4. The molecule has 4 rings (SSSR count). The Morgan fingerprint density at radius 3 is 1.25 bits per heavy atom. The van der Waals surface area contributed by atoms with Crippen LogP contribution in [-0.2, 0) is 13.1 Å². The second kappa shape index (κ2) is 12.2. The molecule has 0 N–H and O–H groups in total. The summed E-state index contributed by atoms with van der Waals surface area (Å²) in [5.41, 5.74) is 8.55. The molecule has 0 spiro atoms. The van der Waals surface area contributed by atoms with E-state index in [0.29, 0.717) is 35.7 Å². The molecule has 6 heteroatoms. The molecule has 0 aliphatic rings. The van der Waals surface area contributed by atoms with Crippen molar-refractivity contribution in [3.63, 3.8) is 0 Å². The molecular weight excluding hydrogens is 506 g/mol. The first-order valence-electron chi connectivity index (χ1n) is 13.3. The smallest absolute Gasteiger partial charge is 0.132 e. The van der Waals surface area contributed by atoms with Gasteiger partial charge in [-0.3, -0.25) is 0 Å². The van der Waals surface area contributed by atoms with E-state index in [1.807, 2.05) is 88.2 Å². The monoisotopic (exact) mass is 544 g/mol. The van der Waals surface area contributed by atoms with Crippen molar-refractivity contribution in [3.05, 3.63) is 94.6 Å². The van der Waals surface area contributed by atoms with Crippen molar-refractivity contribution >= 4 is 0 Å². The Labute approximate surface area is 236 Å². The molecule has 0 aliphatic heterocycles. The van der Waals surface area contributed by atoms with Crippen LogP contribution in [0.1, 0.15) is 22.3 Å². The van der Waals surface area contributed by atoms with Crippen molar-refractivity contribution in [1.29, 1.82) is 0 Å². The van der Waals surface area contributed by atoms with Gasteiger partial charge < -0.3 is 19.3 Å². The summed E-state index contributed by atoms with van der Waals surface area (Å²) in [5, 5.41) is 0. The molecule has 0 fully saturated rings. The Morgan fingerprint density at radius 1 is 0.575 bits per heavy atom. The van der Waals surface area contributed by atoms with Gasteiger partial charge in [0.1, 0.15) is 23.1 Å². The van der Waals surface area contributed by atoms with Gasteiger partial charge in [-0.2, -0.15) is 0 Å². The van der Waals surface area contributed by atoms with Gasteiger partial charge in [0.15, 0.2) is 0 Å². The first kappa shape index (κ1) is 29.2. The number of benzene rings is 4. The SMILES string of the molecule is COc1cc(-c2cccc(-c3cccc(-c4cc(F)c(CN(C)C)c(OC)c4)c3C)c2C)cc(F)c1CN(C)C. The third-order valence-corrected chi connectivity index (χ3v) is 7.28. The van der Waals surface area contributed by atoms with Crippen LogP contribution in [0.5, 0.6) is 11.5 Å². The van der Waals surface area contributed by atoms with E-state index >= 15 is 8.78 Å². The molecule has 210 valence electrons. The Bertz CT molecular complexity index is 1410. The van der Waals surface area contributed by atoms with Gasteiger partial charge in [-0.05, 0) is 111 Å². The lowest BCUT2D eigenvalue weighted by atomic mass is 9.87. The molecule has 4 aromatic rings. The minimum Gasteiger partial charge on any atom is -0.496 e. The third-order valence-electron chi connectivity index (χ3n) is 7.28. The maximum Gasteiger partial charge on any atom is 0.132 e. The fourth-order valence-electron chi connectivity index (χ4n) is 5.32. The van der Waals surface area contributed by atoms with Gasteiger partial charge in [0.2, 0.25) is 0 Å². The molecule has 0 atom stereocenters. The zero-order valence-corrected chi connectivity index (χ0v) is 24.7. The van der Waals surface area contributed by atoms with E-state index in [0.717, 1.165) is 44.5 Å². The molecule has 40 heavy (non-hydrogen) atoms. The van der Waals surface area contributed by atoms with E-state index in [2.05, 4.69) is 12.1 Å². The predicted molar refractivity (Wildman–Crippen MR) is 160 cm³/mol. The van der Waals surface area contributed by atoms with E-state index in [-0.39, 0.29) is 11.6 Å². The average molecular weight is 545 g/mol. The topological polar surface area (TPSA) is 24.9 Å². The largest absolute Gasteiger partial charge is 0.496 e. The molecule has 0 heterocycles.